The van der Waals surface area contributed by atoms with E-state index in [9.17, 15) is 9.59 Å². The number of carboxylic acids is 1. The minimum Gasteiger partial charge on any atom is -0.478 e. The Morgan fingerprint density at radius 3 is 2.82 bits per heavy atom. The van der Waals surface area contributed by atoms with Crippen LogP contribution in [-0.4, -0.2) is 23.7 Å². The lowest BCUT2D eigenvalue weighted by Gasteiger charge is -2.07. The van der Waals surface area contributed by atoms with Crippen LogP contribution in [0.5, 0.6) is 0 Å². The third-order valence-electron chi connectivity index (χ3n) is 2.00. The van der Waals surface area contributed by atoms with Crippen molar-refractivity contribution in [1.29, 1.82) is 0 Å². The molecule has 17 heavy (non-hydrogen) atoms. The molecule has 0 saturated heterocycles. The Balaban J connectivity index is 2.56. The first-order chi connectivity index (χ1) is 8.13. The topological polar surface area (TPSA) is 78.4 Å². The summed E-state index contributed by atoms with van der Waals surface area (Å²) in [7, 11) is 0. The number of carbonyl (C=O) groups excluding carboxylic acids is 1. The number of rotatable bonds is 5. The fourth-order valence-corrected chi connectivity index (χ4v) is 1.19. The van der Waals surface area contributed by atoms with Crippen molar-refractivity contribution < 1.29 is 14.7 Å². The molecule has 0 unspecified atom stereocenters. The summed E-state index contributed by atoms with van der Waals surface area (Å²) in [6, 6.07) is 5.69. The maximum atomic E-state index is 11.4. The van der Waals surface area contributed by atoms with E-state index in [2.05, 4.69) is 17.2 Å². The van der Waals surface area contributed by atoms with Gasteiger partial charge in [-0.05, 0) is 24.6 Å². The predicted molar refractivity (Wildman–Crippen MR) is 65.2 cm³/mol. The van der Waals surface area contributed by atoms with E-state index in [0.29, 0.717) is 18.7 Å². The molecule has 0 aromatic heterocycles. The van der Waals surface area contributed by atoms with Gasteiger partial charge in [-0.2, -0.15) is 0 Å². The number of hydrogen-bond acceptors (Lipinski definition) is 2. The van der Waals surface area contributed by atoms with Gasteiger partial charge in [0.25, 0.3) is 0 Å². The third kappa shape index (κ3) is 4.38. The molecule has 2 amide bonds. The van der Waals surface area contributed by atoms with E-state index < -0.39 is 5.97 Å². The van der Waals surface area contributed by atoms with Crippen molar-refractivity contribution in [2.24, 2.45) is 0 Å². The zero-order chi connectivity index (χ0) is 12.7. The molecular formula is C12H14N2O3. The number of benzene rings is 1. The molecule has 5 heteroatoms. The van der Waals surface area contributed by atoms with Gasteiger partial charge in [0.1, 0.15) is 0 Å². The van der Waals surface area contributed by atoms with Gasteiger partial charge in [0.15, 0.2) is 0 Å². The minimum atomic E-state index is -1.03. The van der Waals surface area contributed by atoms with Crippen LogP contribution in [0, 0.1) is 0 Å². The summed E-state index contributed by atoms with van der Waals surface area (Å²) >= 11 is 0. The van der Waals surface area contributed by atoms with Crippen LogP contribution in [0.1, 0.15) is 16.8 Å². The predicted octanol–water partition coefficient (Wildman–Crippen LogP) is 2.08. The van der Waals surface area contributed by atoms with Crippen LogP contribution in [0.15, 0.2) is 36.9 Å². The Labute approximate surface area is 99.1 Å². The monoisotopic (exact) mass is 234 g/mol. The molecule has 90 valence electrons. The molecule has 0 aliphatic carbocycles. The fourth-order valence-electron chi connectivity index (χ4n) is 1.19. The molecule has 0 saturated carbocycles. The number of urea groups is 1. The molecule has 1 rings (SSSR count). The van der Waals surface area contributed by atoms with Gasteiger partial charge in [-0.15, -0.1) is 6.58 Å². The maximum absolute atomic E-state index is 11.4. The highest BCUT2D eigenvalue weighted by atomic mass is 16.4. The second-order valence-corrected chi connectivity index (χ2v) is 3.34. The van der Waals surface area contributed by atoms with Crippen LogP contribution < -0.4 is 10.6 Å². The Morgan fingerprint density at radius 2 is 2.18 bits per heavy atom. The highest BCUT2D eigenvalue weighted by Gasteiger charge is 2.05. The van der Waals surface area contributed by atoms with Crippen molar-refractivity contribution in [2.75, 3.05) is 11.9 Å². The third-order valence-corrected chi connectivity index (χ3v) is 2.00. The second kappa shape index (κ2) is 6.32. The van der Waals surface area contributed by atoms with Gasteiger partial charge >= 0.3 is 12.0 Å². The average Bonchev–Trinajstić information content (AvgIpc) is 2.29. The molecule has 0 radical (unpaired) electrons. The van der Waals surface area contributed by atoms with Gasteiger partial charge < -0.3 is 15.7 Å². The Morgan fingerprint density at radius 1 is 1.41 bits per heavy atom. The fraction of sp³-hybridized carbons (Fsp3) is 0.167. The Bertz CT molecular complexity index is 430. The summed E-state index contributed by atoms with van der Waals surface area (Å²) in [6.45, 7) is 4.03. The maximum Gasteiger partial charge on any atom is 0.335 e. The molecule has 0 spiro atoms. The lowest BCUT2D eigenvalue weighted by Crippen LogP contribution is -2.29. The zero-order valence-electron chi connectivity index (χ0n) is 9.27. The van der Waals surface area contributed by atoms with Crippen molar-refractivity contribution in [1.82, 2.24) is 5.32 Å². The number of carboxylic acid groups (broad SMARTS) is 1. The molecule has 0 fully saturated rings. The Kier molecular flexibility index (Phi) is 4.75. The SMILES string of the molecule is C=CCCNC(=O)Nc1cccc(C(=O)O)c1. The number of amides is 2. The molecule has 0 bridgehead atoms. The van der Waals surface area contributed by atoms with Crippen molar-refractivity contribution in [2.45, 2.75) is 6.42 Å². The van der Waals surface area contributed by atoms with E-state index in [1.165, 1.54) is 12.1 Å². The van der Waals surface area contributed by atoms with Gasteiger partial charge in [0.2, 0.25) is 0 Å². The molecule has 0 aliphatic heterocycles. The molecule has 3 N–H and O–H groups in total. The highest BCUT2D eigenvalue weighted by molar-refractivity contribution is 5.93. The summed E-state index contributed by atoms with van der Waals surface area (Å²) in [6.07, 6.45) is 2.38. The average molecular weight is 234 g/mol. The standard InChI is InChI=1S/C12H14N2O3/c1-2-3-7-13-12(17)14-10-6-4-5-9(8-10)11(15)16/h2,4-6,8H,1,3,7H2,(H,15,16)(H2,13,14,17). The normalized spacial score (nSPS) is 9.41. The molecule has 0 atom stereocenters. The van der Waals surface area contributed by atoms with Gasteiger partial charge in [-0.1, -0.05) is 12.1 Å². The van der Waals surface area contributed by atoms with E-state index >= 15 is 0 Å². The molecule has 1 aromatic carbocycles. The summed E-state index contributed by atoms with van der Waals surface area (Å²) in [5, 5.41) is 13.9. The summed E-state index contributed by atoms with van der Waals surface area (Å²) in [5.74, 6) is -1.03. The zero-order valence-corrected chi connectivity index (χ0v) is 9.27. The van der Waals surface area contributed by atoms with Crippen molar-refractivity contribution in [3.63, 3.8) is 0 Å². The van der Waals surface area contributed by atoms with E-state index in [-0.39, 0.29) is 11.6 Å². The van der Waals surface area contributed by atoms with Crippen LogP contribution in [0.25, 0.3) is 0 Å². The summed E-state index contributed by atoms with van der Waals surface area (Å²) < 4.78 is 0. The van der Waals surface area contributed by atoms with Crippen molar-refractivity contribution >= 4 is 17.7 Å². The largest absolute Gasteiger partial charge is 0.478 e. The first-order valence-electron chi connectivity index (χ1n) is 5.12. The lowest BCUT2D eigenvalue weighted by atomic mass is 10.2. The number of hydrogen-bond donors (Lipinski definition) is 3. The van der Waals surface area contributed by atoms with E-state index in [1.807, 2.05) is 0 Å². The van der Waals surface area contributed by atoms with Crippen LogP contribution in [0.2, 0.25) is 0 Å². The second-order valence-electron chi connectivity index (χ2n) is 3.34. The smallest absolute Gasteiger partial charge is 0.335 e. The summed E-state index contributed by atoms with van der Waals surface area (Å²) in [5.41, 5.74) is 0.579. The molecule has 0 heterocycles. The van der Waals surface area contributed by atoms with E-state index in [0.717, 1.165) is 0 Å². The lowest BCUT2D eigenvalue weighted by molar-refractivity contribution is 0.0697. The first kappa shape index (κ1) is 12.8. The molecular weight excluding hydrogens is 220 g/mol. The molecule has 5 nitrogen and oxygen atoms in total. The van der Waals surface area contributed by atoms with Gasteiger partial charge in [-0.3, -0.25) is 0 Å². The number of aromatic carboxylic acids is 1. The van der Waals surface area contributed by atoms with Crippen LogP contribution >= 0.6 is 0 Å². The van der Waals surface area contributed by atoms with Crippen LogP contribution in [0.4, 0.5) is 10.5 Å². The molecule has 1 aromatic rings. The quantitative estimate of drug-likeness (QED) is 0.539. The first-order valence-corrected chi connectivity index (χ1v) is 5.12. The van der Waals surface area contributed by atoms with Crippen LogP contribution in [0.3, 0.4) is 0 Å². The van der Waals surface area contributed by atoms with Gasteiger partial charge in [-0.25, -0.2) is 9.59 Å². The van der Waals surface area contributed by atoms with Crippen molar-refractivity contribution in [3.05, 3.63) is 42.5 Å². The minimum absolute atomic E-state index is 0.133. The number of nitrogens with one attached hydrogen (secondary N) is 2. The van der Waals surface area contributed by atoms with E-state index in [4.69, 9.17) is 5.11 Å². The van der Waals surface area contributed by atoms with Gasteiger partial charge in [0, 0.05) is 12.2 Å². The molecule has 0 aliphatic rings. The number of anilines is 1. The van der Waals surface area contributed by atoms with Gasteiger partial charge in [0.05, 0.1) is 5.56 Å². The summed E-state index contributed by atoms with van der Waals surface area (Å²) in [4.78, 5) is 22.1. The van der Waals surface area contributed by atoms with Crippen LogP contribution in [-0.2, 0) is 0 Å². The van der Waals surface area contributed by atoms with E-state index in [1.54, 1.807) is 18.2 Å². The highest BCUT2D eigenvalue weighted by Crippen LogP contribution is 2.10. The van der Waals surface area contributed by atoms with Crippen molar-refractivity contribution in [3.8, 4) is 0 Å². The number of carbonyl (C=O) groups is 2. The Hall–Kier alpha value is -2.30.